The predicted octanol–water partition coefficient (Wildman–Crippen LogP) is 4.13. The van der Waals surface area contributed by atoms with Gasteiger partial charge in [-0.25, -0.2) is 4.39 Å². The van der Waals surface area contributed by atoms with Crippen LogP contribution in [0.5, 0.6) is 5.75 Å². The number of hydrogen-bond acceptors (Lipinski definition) is 4. The summed E-state index contributed by atoms with van der Waals surface area (Å²) in [5.41, 5.74) is 2.72. The number of nitrogens with one attached hydrogen (secondary N) is 2. The van der Waals surface area contributed by atoms with Gasteiger partial charge in [-0.2, -0.15) is 0 Å². The molecule has 0 saturated carbocycles. The van der Waals surface area contributed by atoms with Gasteiger partial charge in [0.2, 0.25) is 0 Å². The molecule has 0 amide bonds. The standard InChI is InChI=1S/C21H18FN3O/c22-18-6-2-1-5-16(18)14-25-21(15-8-10-17(26)11-9-15)13-19(23)20-7-3-4-12-24-20/h1-13,23,25-26H,14H2/b21-13-,23-19?. The maximum atomic E-state index is 13.9. The minimum Gasteiger partial charge on any atom is -0.508 e. The fourth-order valence-electron chi connectivity index (χ4n) is 2.45. The molecule has 1 heterocycles. The second-order valence-corrected chi connectivity index (χ2v) is 5.68. The van der Waals surface area contributed by atoms with E-state index in [-0.39, 0.29) is 23.8 Å². The molecule has 3 rings (SSSR count). The average molecular weight is 347 g/mol. The van der Waals surface area contributed by atoms with Crippen LogP contribution in [0.1, 0.15) is 16.8 Å². The summed E-state index contributed by atoms with van der Waals surface area (Å²) in [6.45, 7) is 0.273. The van der Waals surface area contributed by atoms with Gasteiger partial charge in [0.25, 0.3) is 0 Å². The van der Waals surface area contributed by atoms with Gasteiger partial charge in [0, 0.05) is 24.0 Å². The Kier molecular flexibility index (Phi) is 5.39. The Morgan fingerprint density at radius 2 is 1.77 bits per heavy atom. The van der Waals surface area contributed by atoms with Crippen molar-refractivity contribution in [1.29, 1.82) is 5.41 Å². The van der Waals surface area contributed by atoms with Gasteiger partial charge in [0.1, 0.15) is 11.6 Å². The molecule has 130 valence electrons. The molecule has 4 nitrogen and oxygen atoms in total. The van der Waals surface area contributed by atoms with E-state index in [1.165, 1.54) is 6.07 Å². The third kappa shape index (κ3) is 4.33. The zero-order chi connectivity index (χ0) is 18.4. The Hall–Kier alpha value is -3.47. The number of nitrogens with zero attached hydrogens (tertiary/aromatic N) is 1. The summed E-state index contributed by atoms with van der Waals surface area (Å²) >= 11 is 0. The molecule has 0 unspecified atom stereocenters. The first-order chi connectivity index (χ1) is 12.6. The summed E-state index contributed by atoms with van der Waals surface area (Å²) in [5, 5.41) is 21.0. The average Bonchev–Trinajstić information content (AvgIpc) is 2.67. The maximum Gasteiger partial charge on any atom is 0.128 e. The third-order valence-corrected chi connectivity index (χ3v) is 3.83. The van der Waals surface area contributed by atoms with Gasteiger partial charge < -0.3 is 10.4 Å². The zero-order valence-corrected chi connectivity index (χ0v) is 14.0. The van der Waals surface area contributed by atoms with Crippen molar-refractivity contribution in [3.05, 3.63) is 102 Å². The number of pyridine rings is 1. The summed E-state index contributed by atoms with van der Waals surface area (Å²) in [7, 11) is 0. The molecule has 0 saturated heterocycles. The van der Waals surface area contributed by atoms with E-state index in [0.717, 1.165) is 5.56 Å². The van der Waals surface area contributed by atoms with Crippen molar-refractivity contribution in [3.8, 4) is 5.75 Å². The van der Waals surface area contributed by atoms with Gasteiger partial charge in [-0.15, -0.1) is 0 Å². The number of allylic oxidation sites excluding steroid dienone is 1. The minimum atomic E-state index is -0.287. The highest BCUT2D eigenvalue weighted by molar-refractivity contribution is 6.08. The zero-order valence-electron chi connectivity index (χ0n) is 14.0. The molecule has 0 bridgehead atoms. The van der Waals surface area contributed by atoms with E-state index >= 15 is 0 Å². The van der Waals surface area contributed by atoms with Crippen LogP contribution in [-0.4, -0.2) is 15.8 Å². The molecule has 0 spiro atoms. The smallest absolute Gasteiger partial charge is 0.128 e. The number of phenolic OH excluding ortho intramolecular Hbond substituents is 1. The second-order valence-electron chi connectivity index (χ2n) is 5.68. The molecule has 2 aromatic carbocycles. The fourth-order valence-corrected chi connectivity index (χ4v) is 2.45. The molecule has 3 aromatic rings. The Labute approximate surface area is 151 Å². The number of hydrogen-bond donors (Lipinski definition) is 3. The van der Waals surface area contributed by atoms with Gasteiger partial charge in [0.15, 0.2) is 0 Å². The molecule has 5 heteroatoms. The lowest BCUT2D eigenvalue weighted by Crippen LogP contribution is -2.14. The molecule has 1 aromatic heterocycles. The predicted molar refractivity (Wildman–Crippen MR) is 100 cm³/mol. The van der Waals surface area contributed by atoms with Crippen LogP contribution < -0.4 is 5.32 Å². The Morgan fingerprint density at radius 3 is 2.46 bits per heavy atom. The lowest BCUT2D eigenvalue weighted by molar-refractivity contribution is 0.475. The summed E-state index contributed by atoms with van der Waals surface area (Å²) in [6, 6.07) is 18.5. The quantitative estimate of drug-likeness (QED) is 0.587. The van der Waals surface area contributed by atoms with Crippen molar-refractivity contribution < 1.29 is 9.50 Å². The molecular weight excluding hydrogens is 329 g/mol. The third-order valence-electron chi connectivity index (χ3n) is 3.83. The van der Waals surface area contributed by atoms with Crippen LogP contribution in [0.3, 0.4) is 0 Å². The molecule has 0 aliphatic heterocycles. The van der Waals surface area contributed by atoms with E-state index < -0.39 is 0 Å². The lowest BCUT2D eigenvalue weighted by atomic mass is 10.1. The molecule has 0 atom stereocenters. The van der Waals surface area contributed by atoms with Crippen LogP contribution in [0.4, 0.5) is 4.39 Å². The maximum absolute atomic E-state index is 13.9. The number of aromatic hydroxyl groups is 1. The first kappa shape index (κ1) is 17.4. The Bertz CT molecular complexity index is 922. The molecule has 3 N–H and O–H groups in total. The monoisotopic (exact) mass is 347 g/mol. The van der Waals surface area contributed by atoms with Crippen LogP contribution >= 0.6 is 0 Å². The van der Waals surface area contributed by atoms with E-state index in [1.54, 1.807) is 66.9 Å². The van der Waals surface area contributed by atoms with Crippen molar-refractivity contribution in [3.63, 3.8) is 0 Å². The fraction of sp³-hybridized carbons (Fsp3) is 0.0476. The van der Waals surface area contributed by atoms with E-state index in [9.17, 15) is 9.50 Å². The van der Waals surface area contributed by atoms with Crippen molar-refractivity contribution in [1.82, 2.24) is 10.3 Å². The normalized spacial score (nSPS) is 11.2. The first-order valence-electron chi connectivity index (χ1n) is 8.12. The second kappa shape index (κ2) is 8.07. The van der Waals surface area contributed by atoms with Gasteiger partial charge in [-0.3, -0.25) is 10.4 Å². The summed E-state index contributed by atoms with van der Waals surface area (Å²) in [6.07, 6.45) is 3.28. The van der Waals surface area contributed by atoms with E-state index in [1.807, 2.05) is 6.07 Å². The van der Waals surface area contributed by atoms with Crippen LogP contribution in [0.25, 0.3) is 5.70 Å². The Morgan fingerprint density at radius 1 is 1.04 bits per heavy atom. The molecule has 0 aliphatic carbocycles. The number of phenols is 1. The van der Waals surface area contributed by atoms with Crippen molar-refractivity contribution in [2.24, 2.45) is 0 Å². The highest BCUT2D eigenvalue weighted by atomic mass is 19.1. The van der Waals surface area contributed by atoms with E-state index in [0.29, 0.717) is 17.0 Å². The highest BCUT2D eigenvalue weighted by Crippen LogP contribution is 2.18. The largest absolute Gasteiger partial charge is 0.508 e. The summed E-state index contributed by atoms with van der Waals surface area (Å²) in [5.74, 6) is -0.133. The SMILES string of the molecule is N=C(/C=C(\NCc1ccccc1F)c1ccc(O)cc1)c1ccccn1. The van der Waals surface area contributed by atoms with Crippen LogP contribution in [0, 0.1) is 11.2 Å². The molecule has 26 heavy (non-hydrogen) atoms. The van der Waals surface area contributed by atoms with Crippen molar-refractivity contribution in [2.75, 3.05) is 0 Å². The highest BCUT2D eigenvalue weighted by Gasteiger charge is 2.07. The number of halogens is 1. The van der Waals surface area contributed by atoms with Crippen LogP contribution in [0.15, 0.2) is 79.0 Å². The molecule has 0 radical (unpaired) electrons. The molecular formula is C21H18FN3O. The van der Waals surface area contributed by atoms with Gasteiger partial charge in [0.05, 0.1) is 11.4 Å². The topological polar surface area (TPSA) is 69.0 Å². The number of benzene rings is 2. The number of aromatic nitrogens is 1. The molecule has 0 fully saturated rings. The molecule has 0 aliphatic rings. The van der Waals surface area contributed by atoms with E-state index in [2.05, 4.69) is 10.3 Å². The van der Waals surface area contributed by atoms with Gasteiger partial charge in [-0.05, 0) is 54.1 Å². The number of rotatable bonds is 6. The lowest BCUT2D eigenvalue weighted by Gasteiger charge is -2.13. The van der Waals surface area contributed by atoms with Gasteiger partial charge in [-0.1, -0.05) is 24.3 Å². The van der Waals surface area contributed by atoms with Crippen LogP contribution in [0.2, 0.25) is 0 Å². The minimum absolute atomic E-state index is 0.155. The van der Waals surface area contributed by atoms with Gasteiger partial charge >= 0.3 is 0 Å². The first-order valence-corrected chi connectivity index (χ1v) is 8.12. The van der Waals surface area contributed by atoms with Crippen LogP contribution in [-0.2, 0) is 6.54 Å². The van der Waals surface area contributed by atoms with Crippen molar-refractivity contribution >= 4 is 11.4 Å². The Balaban J connectivity index is 1.89. The summed E-state index contributed by atoms with van der Waals surface area (Å²) in [4.78, 5) is 4.18. The van der Waals surface area contributed by atoms with E-state index in [4.69, 9.17) is 5.41 Å². The van der Waals surface area contributed by atoms with Crippen molar-refractivity contribution in [2.45, 2.75) is 6.54 Å². The summed E-state index contributed by atoms with van der Waals surface area (Å²) < 4.78 is 13.9.